The van der Waals surface area contributed by atoms with Gasteiger partial charge in [0.2, 0.25) is 0 Å². The van der Waals surface area contributed by atoms with Crippen molar-refractivity contribution in [3.8, 4) is 0 Å². The Balaban J connectivity index is 4.88. The molecule has 0 amide bonds. The monoisotopic (exact) mass is 286 g/mol. The van der Waals surface area contributed by atoms with Crippen molar-refractivity contribution in [1.29, 1.82) is 0 Å². The van der Waals surface area contributed by atoms with Crippen LogP contribution in [0.4, 0.5) is 0 Å². The summed E-state index contributed by atoms with van der Waals surface area (Å²) in [5.74, 6) is -2.65. The quantitative estimate of drug-likeness (QED) is 0.421. The molecular formula is C14H22O6. The van der Waals surface area contributed by atoms with Crippen LogP contribution in [-0.2, 0) is 29.0 Å². The lowest BCUT2D eigenvalue weighted by atomic mass is 9.83. The molecule has 0 N–H and O–H groups in total. The number of hydrogen-bond acceptors (Lipinski definition) is 6. The Bertz CT molecular complexity index is 387. The molecule has 0 aromatic heterocycles. The molecule has 0 heterocycles. The van der Waals surface area contributed by atoms with Crippen molar-refractivity contribution in [2.45, 2.75) is 54.4 Å². The standard InChI is InChI=1S/C14H22O6/c1-7-13(5,9(3)15)11(17)19-20-12(18)14(6,8-2)10(4)16/h7-8H2,1-6H3. The Morgan fingerprint density at radius 2 is 1.00 bits per heavy atom. The van der Waals surface area contributed by atoms with Gasteiger partial charge in [-0.05, 0) is 40.5 Å². The number of Topliss-reactive ketones (excluding diaryl/α,β-unsaturated/α-hetero) is 2. The van der Waals surface area contributed by atoms with Crippen LogP contribution >= 0.6 is 0 Å². The lowest BCUT2D eigenvalue weighted by Gasteiger charge is -2.24. The predicted octanol–water partition coefficient (Wildman–Crippen LogP) is 2.00. The van der Waals surface area contributed by atoms with E-state index in [-0.39, 0.29) is 24.4 Å². The Kier molecular flexibility index (Phi) is 6.06. The smallest absolute Gasteiger partial charge is 0.299 e. The van der Waals surface area contributed by atoms with Gasteiger partial charge in [-0.25, -0.2) is 19.4 Å². The molecule has 0 aromatic carbocycles. The van der Waals surface area contributed by atoms with Crippen LogP contribution in [0.2, 0.25) is 0 Å². The van der Waals surface area contributed by atoms with E-state index in [2.05, 4.69) is 9.78 Å². The summed E-state index contributed by atoms with van der Waals surface area (Å²) in [7, 11) is 0. The third-order valence-electron chi connectivity index (χ3n) is 4.06. The minimum absolute atomic E-state index is 0.219. The summed E-state index contributed by atoms with van der Waals surface area (Å²) in [6, 6.07) is 0. The van der Waals surface area contributed by atoms with Crippen molar-refractivity contribution < 1.29 is 29.0 Å². The van der Waals surface area contributed by atoms with E-state index >= 15 is 0 Å². The lowest BCUT2D eigenvalue weighted by molar-refractivity contribution is -0.271. The third kappa shape index (κ3) is 3.43. The second-order valence-corrected chi connectivity index (χ2v) is 5.23. The zero-order valence-electron chi connectivity index (χ0n) is 12.9. The molecule has 2 atom stereocenters. The molecule has 114 valence electrons. The molecule has 0 radical (unpaired) electrons. The summed E-state index contributed by atoms with van der Waals surface area (Å²) in [5, 5.41) is 0. The van der Waals surface area contributed by atoms with Crippen LogP contribution in [-0.4, -0.2) is 23.5 Å². The van der Waals surface area contributed by atoms with Gasteiger partial charge in [0.25, 0.3) is 0 Å². The minimum atomic E-state index is -1.36. The van der Waals surface area contributed by atoms with Gasteiger partial charge in [-0.3, -0.25) is 9.59 Å². The largest absolute Gasteiger partial charge is 0.368 e. The molecule has 6 nitrogen and oxygen atoms in total. The molecule has 6 heteroatoms. The summed E-state index contributed by atoms with van der Waals surface area (Å²) >= 11 is 0. The molecule has 0 spiro atoms. The number of hydrogen-bond donors (Lipinski definition) is 0. The molecule has 0 aliphatic heterocycles. The number of carbonyl (C=O) groups is 4. The Hall–Kier alpha value is -1.72. The topological polar surface area (TPSA) is 86.7 Å². The van der Waals surface area contributed by atoms with E-state index < -0.39 is 22.8 Å². The van der Waals surface area contributed by atoms with Crippen LogP contribution in [0.1, 0.15) is 54.4 Å². The second-order valence-electron chi connectivity index (χ2n) is 5.23. The first-order valence-corrected chi connectivity index (χ1v) is 6.51. The van der Waals surface area contributed by atoms with E-state index in [1.54, 1.807) is 13.8 Å². The third-order valence-corrected chi connectivity index (χ3v) is 4.06. The molecular weight excluding hydrogens is 264 g/mol. The molecule has 0 aromatic rings. The van der Waals surface area contributed by atoms with E-state index in [4.69, 9.17) is 0 Å². The minimum Gasteiger partial charge on any atom is -0.299 e. The van der Waals surface area contributed by atoms with E-state index in [9.17, 15) is 19.2 Å². The highest BCUT2D eigenvalue weighted by atomic mass is 17.2. The Labute approximate surface area is 118 Å². The van der Waals surface area contributed by atoms with Gasteiger partial charge >= 0.3 is 11.9 Å². The van der Waals surface area contributed by atoms with Crippen molar-refractivity contribution in [3.63, 3.8) is 0 Å². The van der Waals surface area contributed by atoms with Crippen LogP contribution in [0.5, 0.6) is 0 Å². The summed E-state index contributed by atoms with van der Waals surface area (Å²) in [4.78, 5) is 55.5. The van der Waals surface area contributed by atoms with E-state index in [0.717, 1.165) is 0 Å². The average molecular weight is 286 g/mol. The van der Waals surface area contributed by atoms with Gasteiger partial charge in [0.1, 0.15) is 22.4 Å². The number of rotatable bonds is 6. The first-order valence-electron chi connectivity index (χ1n) is 6.51. The molecule has 2 unspecified atom stereocenters. The first kappa shape index (κ1) is 18.3. The van der Waals surface area contributed by atoms with Crippen LogP contribution in [0.3, 0.4) is 0 Å². The molecule has 0 saturated carbocycles. The van der Waals surface area contributed by atoms with Gasteiger partial charge < -0.3 is 0 Å². The van der Waals surface area contributed by atoms with Crippen molar-refractivity contribution in [3.05, 3.63) is 0 Å². The fraction of sp³-hybridized carbons (Fsp3) is 0.714. The fourth-order valence-corrected chi connectivity index (χ4v) is 1.33. The zero-order valence-corrected chi connectivity index (χ0v) is 12.9. The molecule has 0 aliphatic rings. The molecule has 0 bridgehead atoms. The highest BCUT2D eigenvalue weighted by Gasteiger charge is 2.43. The summed E-state index contributed by atoms with van der Waals surface area (Å²) in [6.07, 6.45) is 0.437. The fourth-order valence-electron chi connectivity index (χ4n) is 1.33. The highest BCUT2D eigenvalue weighted by molar-refractivity contribution is 6.03. The summed E-state index contributed by atoms with van der Waals surface area (Å²) in [5.41, 5.74) is -2.72. The molecule has 0 aliphatic carbocycles. The second kappa shape index (κ2) is 6.63. The van der Waals surface area contributed by atoms with Gasteiger partial charge in [0.15, 0.2) is 0 Å². The van der Waals surface area contributed by atoms with Crippen molar-refractivity contribution in [1.82, 2.24) is 0 Å². The molecule has 0 saturated heterocycles. The van der Waals surface area contributed by atoms with Crippen LogP contribution in [0, 0.1) is 10.8 Å². The van der Waals surface area contributed by atoms with Gasteiger partial charge in [-0.2, -0.15) is 0 Å². The average Bonchev–Trinajstić information content (AvgIpc) is 2.41. The lowest BCUT2D eigenvalue weighted by Crippen LogP contribution is -2.40. The maximum absolute atomic E-state index is 11.8. The van der Waals surface area contributed by atoms with Gasteiger partial charge in [-0.1, -0.05) is 13.8 Å². The molecule has 0 rings (SSSR count). The maximum atomic E-state index is 11.8. The van der Waals surface area contributed by atoms with Crippen molar-refractivity contribution in [2.75, 3.05) is 0 Å². The van der Waals surface area contributed by atoms with E-state index in [0.29, 0.717) is 0 Å². The maximum Gasteiger partial charge on any atom is 0.368 e. The van der Waals surface area contributed by atoms with Gasteiger partial charge in [0, 0.05) is 0 Å². The van der Waals surface area contributed by atoms with Crippen LogP contribution < -0.4 is 0 Å². The zero-order chi connectivity index (χ0) is 16.1. The number of carbonyl (C=O) groups excluding carboxylic acids is 4. The van der Waals surface area contributed by atoms with Crippen molar-refractivity contribution in [2.24, 2.45) is 10.8 Å². The highest BCUT2D eigenvalue weighted by Crippen LogP contribution is 2.27. The summed E-state index contributed by atoms with van der Waals surface area (Å²) < 4.78 is 0. The van der Waals surface area contributed by atoms with Crippen molar-refractivity contribution >= 4 is 23.5 Å². The Morgan fingerprint density at radius 3 is 1.15 bits per heavy atom. The van der Waals surface area contributed by atoms with Gasteiger partial charge in [-0.15, -0.1) is 0 Å². The summed E-state index contributed by atoms with van der Waals surface area (Å²) in [6.45, 7) is 8.65. The van der Waals surface area contributed by atoms with Gasteiger partial charge in [0.05, 0.1) is 0 Å². The predicted molar refractivity (Wildman–Crippen MR) is 70.3 cm³/mol. The normalized spacial score (nSPS) is 16.5. The molecule has 20 heavy (non-hydrogen) atoms. The SMILES string of the molecule is CCC(C)(C(C)=O)C(=O)OOC(=O)C(C)(CC)C(C)=O. The van der Waals surface area contributed by atoms with Crippen LogP contribution in [0.15, 0.2) is 0 Å². The first-order chi connectivity index (χ1) is 9.06. The molecule has 0 fully saturated rings. The number of ketones is 2. The van der Waals surface area contributed by atoms with E-state index in [1.165, 1.54) is 27.7 Å². The Morgan fingerprint density at radius 1 is 0.750 bits per heavy atom. The van der Waals surface area contributed by atoms with E-state index in [1.807, 2.05) is 0 Å². The van der Waals surface area contributed by atoms with Crippen LogP contribution in [0.25, 0.3) is 0 Å².